The molecular weight excluding hydrogens is 416 g/mol. The Balaban J connectivity index is 1.60. The monoisotopic (exact) mass is 440 g/mol. The van der Waals surface area contributed by atoms with E-state index in [-0.39, 0.29) is 17.2 Å². The van der Waals surface area contributed by atoms with E-state index in [1.54, 1.807) is 48.5 Å². The number of anilines is 1. The molecule has 0 aliphatic carbocycles. The Morgan fingerprint density at radius 2 is 1.61 bits per heavy atom. The number of nitriles is 1. The Hall–Kier alpha value is -4.37. The molecule has 0 saturated carbocycles. The summed E-state index contributed by atoms with van der Waals surface area (Å²) in [4.78, 5) is 24.8. The van der Waals surface area contributed by atoms with Gasteiger partial charge in [-0.05, 0) is 66.6 Å². The van der Waals surface area contributed by atoms with Gasteiger partial charge in [-0.2, -0.15) is 5.26 Å². The fourth-order valence-corrected chi connectivity index (χ4v) is 2.86. The minimum Gasteiger partial charge on any atom is -0.494 e. The molecule has 0 heterocycles. The van der Waals surface area contributed by atoms with Crippen molar-refractivity contribution in [3.05, 3.63) is 95.6 Å². The van der Waals surface area contributed by atoms with Gasteiger partial charge in [0.25, 0.3) is 5.91 Å². The minimum atomic E-state index is -0.776. The summed E-state index contributed by atoms with van der Waals surface area (Å²) in [6.45, 7) is 2.74. The second-order valence-electron chi connectivity index (χ2n) is 7.17. The number of nitrogens with zero attached hydrogens (tertiary/aromatic N) is 1. The third-order valence-electron chi connectivity index (χ3n) is 4.66. The largest absolute Gasteiger partial charge is 0.494 e. The molecule has 33 heavy (non-hydrogen) atoms. The molecular formula is C27H24N2O4. The van der Waals surface area contributed by atoms with Gasteiger partial charge in [0.1, 0.15) is 23.1 Å². The summed E-state index contributed by atoms with van der Waals surface area (Å²) in [5.74, 6) is -0.0868. The van der Waals surface area contributed by atoms with Crippen LogP contribution >= 0.6 is 0 Å². The van der Waals surface area contributed by atoms with Crippen LogP contribution in [0.5, 0.6) is 11.5 Å². The molecule has 3 aromatic carbocycles. The molecule has 0 aliphatic rings. The topological polar surface area (TPSA) is 88.4 Å². The van der Waals surface area contributed by atoms with Gasteiger partial charge in [-0.25, -0.2) is 4.79 Å². The SMILES string of the molecule is CCCCOc1ccc(/C=C(\C#N)C(=O)Oc2ccc(C(=O)Nc3ccccc3)cc2)cc1. The lowest BCUT2D eigenvalue weighted by Gasteiger charge is -2.07. The Kier molecular flexibility index (Phi) is 8.38. The maximum atomic E-state index is 12.4. The first-order valence-electron chi connectivity index (χ1n) is 10.6. The van der Waals surface area contributed by atoms with Crippen molar-refractivity contribution in [1.29, 1.82) is 5.26 Å². The van der Waals surface area contributed by atoms with Crippen LogP contribution < -0.4 is 14.8 Å². The second kappa shape index (κ2) is 11.9. The summed E-state index contributed by atoms with van der Waals surface area (Å²) in [5, 5.41) is 12.2. The molecule has 0 radical (unpaired) electrons. The molecule has 0 bridgehead atoms. The number of esters is 1. The number of ether oxygens (including phenoxy) is 2. The number of nitrogens with one attached hydrogen (secondary N) is 1. The van der Waals surface area contributed by atoms with Gasteiger partial charge in [-0.3, -0.25) is 4.79 Å². The molecule has 0 aromatic heterocycles. The highest BCUT2D eigenvalue weighted by atomic mass is 16.5. The molecule has 0 spiro atoms. The van der Waals surface area contributed by atoms with E-state index in [0.717, 1.165) is 18.6 Å². The molecule has 0 unspecified atom stereocenters. The lowest BCUT2D eigenvalue weighted by molar-refractivity contribution is -0.129. The minimum absolute atomic E-state index is 0.138. The normalized spacial score (nSPS) is 10.7. The van der Waals surface area contributed by atoms with E-state index in [4.69, 9.17) is 9.47 Å². The van der Waals surface area contributed by atoms with Gasteiger partial charge < -0.3 is 14.8 Å². The first kappa shape index (κ1) is 23.3. The molecule has 0 atom stereocenters. The Morgan fingerprint density at radius 3 is 2.24 bits per heavy atom. The number of rotatable bonds is 9. The summed E-state index contributed by atoms with van der Waals surface area (Å²) >= 11 is 0. The maximum Gasteiger partial charge on any atom is 0.354 e. The van der Waals surface area contributed by atoms with Gasteiger partial charge in [0.15, 0.2) is 0 Å². The molecule has 0 fully saturated rings. The quantitative estimate of drug-likeness (QED) is 0.153. The zero-order chi connectivity index (χ0) is 23.5. The fraction of sp³-hybridized carbons (Fsp3) is 0.148. The highest BCUT2D eigenvalue weighted by Gasteiger charge is 2.13. The second-order valence-corrected chi connectivity index (χ2v) is 7.17. The van der Waals surface area contributed by atoms with Gasteiger partial charge >= 0.3 is 5.97 Å². The molecule has 1 N–H and O–H groups in total. The number of para-hydroxylation sites is 1. The molecule has 3 aromatic rings. The zero-order valence-corrected chi connectivity index (χ0v) is 18.3. The first-order valence-corrected chi connectivity index (χ1v) is 10.6. The van der Waals surface area contributed by atoms with Crippen molar-refractivity contribution in [2.45, 2.75) is 19.8 Å². The molecule has 0 saturated heterocycles. The number of carbonyl (C=O) groups excluding carboxylic acids is 2. The number of hydrogen-bond acceptors (Lipinski definition) is 5. The smallest absolute Gasteiger partial charge is 0.354 e. The van der Waals surface area contributed by atoms with Crippen LogP contribution in [0.15, 0.2) is 84.4 Å². The third kappa shape index (κ3) is 7.08. The van der Waals surface area contributed by atoms with Gasteiger partial charge in [-0.15, -0.1) is 0 Å². The van der Waals surface area contributed by atoms with Crippen molar-refractivity contribution >= 4 is 23.6 Å². The van der Waals surface area contributed by atoms with Crippen LogP contribution in [-0.2, 0) is 4.79 Å². The number of amides is 1. The van der Waals surface area contributed by atoms with E-state index < -0.39 is 5.97 Å². The molecule has 166 valence electrons. The molecule has 3 rings (SSSR count). The number of unbranched alkanes of at least 4 members (excludes halogenated alkanes) is 1. The molecule has 6 nitrogen and oxygen atoms in total. The lowest BCUT2D eigenvalue weighted by atomic mass is 10.1. The number of carbonyl (C=O) groups is 2. The molecule has 1 amide bonds. The predicted molar refractivity (Wildman–Crippen MR) is 127 cm³/mol. The predicted octanol–water partition coefficient (Wildman–Crippen LogP) is 5.63. The summed E-state index contributed by atoms with van der Waals surface area (Å²) in [6, 6.07) is 24.2. The van der Waals surface area contributed by atoms with Crippen molar-refractivity contribution in [3.8, 4) is 17.6 Å². The maximum absolute atomic E-state index is 12.4. The van der Waals surface area contributed by atoms with Crippen LogP contribution in [0.4, 0.5) is 5.69 Å². The van der Waals surface area contributed by atoms with Gasteiger partial charge in [0.05, 0.1) is 6.61 Å². The van der Waals surface area contributed by atoms with Crippen molar-refractivity contribution < 1.29 is 19.1 Å². The Morgan fingerprint density at radius 1 is 0.939 bits per heavy atom. The average molecular weight is 440 g/mol. The van der Waals surface area contributed by atoms with Gasteiger partial charge in [0.2, 0.25) is 0 Å². The van der Waals surface area contributed by atoms with Crippen molar-refractivity contribution in [1.82, 2.24) is 0 Å². The summed E-state index contributed by atoms with van der Waals surface area (Å²) in [6.07, 6.45) is 3.49. The van der Waals surface area contributed by atoms with E-state index in [0.29, 0.717) is 23.4 Å². The fourth-order valence-electron chi connectivity index (χ4n) is 2.86. The lowest BCUT2D eigenvalue weighted by Crippen LogP contribution is -2.12. The van der Waals surface area contributed by atoms with Gasteiger partial charge in [-0.1, -0.05) is 43.7 Å². The van der Waals surface area contributed by atoms with E-state index in [1.165, 1.54) is 18.2 Å². The summed E-state index contributed by atoms with van der Waals surface area (Å²) < 4.78 is 10.9. The Bertz CT molecular complexity index is 1150. The first-order chi connectivity index (χ1) is 16.1. The van der Waals surface area contributed by atoms with Crippen molar-refractivity contribution in [2.75, 3.05) is 11.9 Å². The van der Waals surface area contributed by atoms with Crippen molar-refractivity contribution in [3.63, 3.8) is 0 Å². The summed E-state index contributed by atoms with van der Waals surface area (Å²) in [5.41, 5.74) is 1.64. The van der Waals surface area contributed by atoms with E-state index in [1.807, 2.05) is 24.3 Å². The van der Waals surface area contributed by atoms with E-state index >= 15 is 0 Å². The number of benzene rings is 3. The molecule has 6 heteroatoms. The highest BCUT2D eigenvalue weighted by molar-refractivity contribution is 6.04. The van der Waals surface area contributed by atoms with Crippen molar-refractivity contribution in [2.24, 2.45) is 0 Å². The molecule has 0 aliphatic heterocycles. The van der Waals surface area contributed by atoms with Crippen LogP contribution in [0.2, 0.25) is 0 Å². The third-order valence-corrected chi connectivity index (χ3v) is 4.66. The van der Waals surface area contributed by atoms with Crippen LogP contribution in [0.3, 0.4) is 0 Å². The summed E-state index contributed by atoms with van der Waals surface area (Å²) in [7, 11) is 0. The van der Waals surface area contributed by atoms with E-state index in [2.05, 4.69) is 12.2 Å². The van der Waals surface area contributed by atoms with Crippen LogP contribution in [0.25, 0.3) is 6.08 Å². The standard InChI is InChI=1S/C27H24N2O4/c1-2-3-17-32-24-13-9-20(10-14-24)18-22(19-28)27(31)33-25-15-11-21(12-16-25)26(30)29-23-7-5-4-6-8-23/h4-16,18H,2-3,17H2,1H3,(H,29,30)/b22-18+. The van der Waals surface area contributed by atoms with Crippen LogP contribution in [0.1, 0.15) is 35.7 Å². The highest BCUT2D eigenvalue weighted by Crippen LogP contribution is 2.18. The zero-order valence-electron chi connectivity index (χ0n) is 18.3. The van der Waals surface area contributed by atoms with E-state index in [9.17, 15) is 14.9 Å². The van der Waals surface area contributed by atoms with Crippen LogP contribution in [0, 0.1) is 11.3 Å². The van der Waals surface area contributed by atoms with Crippen LogP contribution in [-0.4, -0.2) is 18.5 Å². The Labute approximate surface area is 193 Å². The van der Waals surface area contributed by atoms with Gasteiger partial charge in [0, 0.05) is 11.3 Å². The number of hydrogen-bond donors (Lipinski definition) is 1. The average Bonchev–Trinajstić information content (AvgIpc) is 2.84.